The van der Waals surface area contributed by atoms with Gasteiger partial charge in [0.05, 0.1) is 6.54 Å². The maximum Gasteiger partial charge on any atom is 0.147 e. The second kappa shape index (κ2) is 5.59. The van der Waals surface area contributed by atoms with E-state index in [4.69, 9.17) is 0 Å². The summed E-state index contributed by atoms with van der Waals surface area (Å²) in [6, 6.07) is 0. The number of nitrogens with one attached hydrogen (secondary N) is 1. The molecule has 2 aliphatic rings. The van der Waals surface area contributed by atoms with E-state index in [1.54, 1.807) is 0 Å². The van der Waals surface area contributed by atoms with E-state index in [1.807, 2.05) is 0 Å². The third-order valence-corrected chi connectivity index (χ3v) is 4.35. The predicted molar refractivity (Wildman–Crippen MR) is 75.0 cm³/mol. The van der Waals surface area contributed by atoms with Gasteiger partial charge in [0.2, 0.25) is 0 Å². The number of fused-ring (bicyclic) bond motifs is 1. The lowest BCUT2D eigenvalue weighted by Crippen LogP contribution is -2.40. The van der Waals surface area contributed by atoms with E-state index in [1.165, 1.54) is 32.5 Å². The first-order chi connectivity index (χ1) is 9.24. The van der Waals surface area contributed by atoms with Crippen LogP contribution in [0, 0.1) is 5.92 Å². The van der Waals surface area contributed by atoms with Crippen LogP contribution in [0.4, 0.5) is 0 Å². The lowest BCUT2D eigenvalue weighted by molar-refractivity contribution is 0.167. The van der Waals surface area contributed by atoms with Gasteiger partial charge in [0.15, 0.2) is 0 Å². The van der Waals surface area contributed by atoms with E-state index in [9.17, 15) is 0 Å². The number of hydrogen-bond acceptors (Lipinski definition) is 4. The van der Waals surface area contributed by atoms with Crippen LogP contribution in [-0.2, 0) is 13.1 Å². The monoisotopic (exact) mass is 263 g/mol. The first-order valence-electron chi connectivity index (χ1n) is 7.59. The molecule has 0 radical (unpaired) electrons. The van der Waals surface area contributed by atoms with Crippen molar-refractivity contribution in [3.63, 3.8) is 0 Å². The minimum Gasteiger partial charge on any atom is -0.317 e. The molecule has 1 saturated heterocycles. The molecule has 0 bridgehead atoms. The van der Waals surface area contributed by atoms with Gasteiger partial charge in [-0.1, -0.05) is 13.8 Å². The molecule has 0 saturated carbocycles. The molecule has 106 valence electrons. The second-order valence-electron chi connectivity index (χ2n) is 6.21. The predicted octanol–water partition coefficient (Wildman–Crippen LogP) is 1.22. The molecule has 1 aromatic heterocycles. The molecule has 0 atom stereocenters. The minimum absolute atomic E-state index is 0.470. The van der Waals surface area contributed by atoms with Gasteiger partial charge in [-0.3, -0.25) is 4.90 Å². The third-order valence-electron chi connectivity index (χ3n) is 4.35. The van der Waals surface area contributed by atoms with Crippen LogP contribution in [0.5, 0.6) is 0 Å². The van der Waals surface area contributed by atoms with Gasteiger partial charge in [0, 0.05) is 25.6 Å². The van der Waals surface area contributed by atoms with E-state index >= 15 is 0 Å². The molecule has 0 aromatic carbocycles. The molecule has 5 nitrogen and oxygen atoms in total. The molecule has 3 heterocycles. The molecule has 0 aliphatic carbocycles. The number of rotatable bonds is 3. The smallest absolute Gasteiger partial charge is 0.147 e. The summed E-state index contributed by atoms with van der Waals surface area (Å²) >= 11 is 0. The molecular weight excluding hydrogens is 238 g/mol. The molecule has 19 heavy (non-hydrogen) atoms. The summed E-state index contributed by atoms with van der Waals surface area (Å²) in [5, 5.41) is 12.2. The molecule has 1 fully saturated rings. The van der Waals surface area contributed by atoms with Crippen molar-refractivity contribution < 1.29 is 0 Å². The Hall–Kier alpha value is -0.940. The largest absolute Gasteiger partial charge is 0.317 e. The Kier molecular flexibility index (Phi) is 3.84. The van der Waals surface area contributed by atoms with Crippen molar-refractivity contribution in [2.75, 3.05) is 26.2 Å². The number of piperidine rings is 1. The summed E-state index contributed by atoms with van der Waals surface area (Å²) in [6.45, 7) is 11.2. The van der Waals surface area contributed by atoms with Crippen LogP contribution in [0.15, 0.2) is 0 Å². The SMILES string of the molecule is CC(C)c1nnc2n1CCN(CC1CCNCC1)C2. The van der Waals surface area contributed by atoms with Gasteiger partial charge in [-0.25, -0.2) is 0 Å². The molecule has 1 aromatic rings. The molecular formula is C14H25N5. The lowest BCUT2D eigenvalue weighted by atomic mass is 9.97. The summed E-state index contributed by atoms with van der Waals surface area (Å²) in [5.41, 5.74) is 0. The van der Waals surface area contributed by atoms with E-state index in [2.05, 4.69) is 38.8 Å². The third kappa shape index (κ3) is 2.82. The van der Waals surface area contributed by atoms with Gasteiger partial charge in [0.25, 0.3) is 0 Å². The summed E-state index contributed by atoms with van der Waals surface area (Å²) in [7, 11) is 0. The van der Waals surface area contributed by atoms with Crippen LogP contribution < -0.4 is 5.32 Å². The first-order valence-corrected chi connectivity index (χ1v) is 7.59. The zero-order valence-corrected chi connectivity index (χ0v) is 12.1. The van der Waals surface area contributed by atoms with Gasteiger partial charge in [-0.05, 0) is 31.8 Å². The average molecular weight is 263 g/mol. The highest BCUT2D eigenvalue weighted by molar-refractivity contribution is 5.02. The average Bonchev–Trinajstić information content (AvgIpc) is 2.83. The van der Waals surface area contributed by atoms with Crippen LogP contribution in [0.2, 0.25) is 0 Å². The topological polar surface area (TPSA) is 46.0 Å². The standard InChI is InChI=1S/C14H25N5/c1-11(2)14-17-16-13-10-18(7-8-19(13)14)9-12-3-5-15-6-4-12/h11-12,15H,3-10H2,1-2H3. The van der Waals surface area contributed by atoms with E-state index < -0.39 is 0 Å². The Balaban J connectivity index is 1.62. The van der Waals surface area contributed by atoms with Crippen LogP contribution in [0.1, 0.15) is 44.3 Å². The Labute approximate surface area is 115 Å². The molecule has 3 rings (SSSR count). The van der Waals surface area contributed by atoms with Crippen molar-refractivity contribution in [3.05, 3.63) is 11.6 Å². The Morgan fingerprint density at radius 2 is 2.00 bits per heavy atom. The van der Waals surface area contributed by atoms with Gasteiger partial charge in [0.1, 0.15) is 11.6 Å². The highest BCUT2D eigenvalue weighted by atomic mass is 15.3. The van der Waals surface area contributed by atoms with E-state index in [0.717, 1.165) is 37.2 Å². The molecule has 2 aliphatic heterocycles. The van der Waals surface area contributed by atoms with Crippen molar-refractivity contribution in [2.24, 2.45) is 5.92 Å². The van der Waals surface area contributed by atoms with Gasteiger partial charge >= 0.3 is 0 Å². The summed E-state index contributed by atoms with van der Waals surface area (Å²) < 4.78 is 2.32. The fourth-order valence-electron chi connectivity index (χ4n) is 3.24. The molecule has 0 unspecified atom stereocenters. The minimum atomic E-state index is 0.470. The fraction of sp³-hybridized carbons (Fsp3) is 0.857. The van der Waals surface area contributed by atoms with Crippen LogP contribution in [-0.4, -0.2) is 45.8 Å². The summed E-state index contributed by atoms with van der Waals surface area (Å²) in [4.78, 5) is 2.56. The van der Waals surface area contributed by atoms with Crippen molar-refractivity contribution in [3.8, 4) is 0 Å². The van der Waals surface area contributed by atoms with Crippen LogP contribution >= 0.6 is 0 Å². The normalized spacial score (nSPS) is 21.8. The maximum absolute atomic E-state index is 4.38. The van der Waals surface area contributed by atoms with E-state index in [0.29, 0.717) is 5.92 Å². The lowest BCUT2D eigenvalue weighted by Gasteiger charge is -2.32. The van der Waals surface area contributed by atoms with Crippen molar-refractivity contribution >= 4 is 0 Å². The summed E-state index contributed by atoms with van der Waals surface area (Å²) in [5.74, 6) is 3.64. The van der Waals surface area contributed by atoms with Crippen molar-refractivity contribution in [1.29, 1.82) is 0 Å². The first kappa shape index (κ1) is 13.1. The van der Waals surface area contributed by atoms with Gasteiger partial charge in [-0.15, -0.1) is 10.2 Å². The molecule has 0 spiro atoms. The number of hydrogen-bond donors (Lipinski definition) is 1. The van der Waals surface area contributed by atoms with Gasteiger partial charge in [-0.2, -0.15) is 0 Å². The molecule has 5 heteroatoms. The highest BCUT2D eigenvalue weighted by Crippen LogP contribution is 2.20. The Bertz CT molecular complexity index is 419. The van der Waals surface area contributed by atoms with Crippen LogP contribution in [0.25, 0.3) is 0 Å². The summed E-state index contributed by atoms with van der Waals surface area (Å²) in [6.07, 6.45) is 2.64. The maximum atomic E-state index is 4.38. The molecule has 1 N–H and O–H groups in total. The zero-order chi connectivity index (χ0) is 13.2. The van der Waals surface area contributed by atoms with Crippen LogP contribution in [0.3, 0.4) is 0 Å². The molecule has 0 amide bonds. The van der Waals surface area contributed by atoms with Crippen molar-refractivity contribution in [2.45, 2.75) is 45.7 Å². The zero-order valence-electron chi connectivity index (χ0n) is 12.1. The number of aromatic nitrogens is 3. The van der Waals surface area contributed by atoms with E-state index in [-0.39, 0.29) is 0 Å². The Morgan fingerprint density at radius 1 is 1.21 bits per heavy atom. The quantitative estimate of drug-likeness (QED) is 0.890. The second-order valence-corrected chi connectivity index (χ2v) is 6.21. The highest BCUT2D eigenvalue weighted by Gasteiger charge is 2.24. The fourth-order valence-corrected chi connectivity index (χ4v) is 3.24. The number of nitrogens with zero attached hydrogens (tertiary/aromatic N) is 4. The Morgan fingerprint density at radius 3 is 2.74 bits per heavy atom. The van der Waals surface area contributed by atoms with Gasteiger partial charge < -0.3 is 9.88 Å². The van der Waals surface area contributed by atoms with Crippen molar-refractivity contribution in [1.82, 2.24) is 25.0 Å².